The zero-order chi connectivity index (χ0) is 26.8. The van der Waals surface area contributed by atoms with Crippen molar-refractivity contribution in [2.45, 2.75) is 44.7 Å². The summed E-state index contributed by atoms with van der Waals surface area (Å²) in [4.78, 5) is 31.4. The summed E-state index contributed by atoms with van der Waals surface area (Å²) in [5.74, 6) is 0.650. The molecule has 0 unspecified atom stereocenters. The SMILES string of the molecule is C=[N+](C(C=C(N)C1CCN(C2CC(N(C)C)C2)CC1)=NC(=O)c1cnn2cccnc12)c1ccc(C)cn1. The Morgan fingerprint density at radius 1 is 1.21 bits per heavy atom. The highest BCUT2D eigenvalue weighted by Crippen LogP contribution is 2.32. The van der Waals surface area contributed by atoms with Crippen LogP contribution in [0.2, 0.25) is 0 Å². The lowest BCUT2D eigenvalue weighted by Gasteiger charge is -2.47. The van der Waals surface area contributed by atoms with Crippen LogP contribution < -0.4 is 5.73 Å². The molecule has 1 saturated heterocycles. The molecule has 2 aliphatic rings. The Bertz CT molecular complexity index is 1370. The van der Waals surface area contributed by atoms with Gasteiger partial charge in [-0.3, -0.25) is 0 Å². The smallest absolute Gasteiger partial charge is 0.353 e. The zero-order valence-electron chi connectivity index (χ0n) is 22.4. The Balaban J connectivity index is 1.36. The number of nitrogens with zero attached hydrogens (tertiary/aromatic N) is 8. The number of rotatable bonds is 6. The number of carbonyl (C=O) groups excluding carboxylic acids is 1. The molecule has 1 aliphatic heterocycles. The molecular weight excluding hydrogens is 478 g/mol. The van der Waals surface area contributed by atoms with Crippen LogP contribution in [0.15, 0.2) is 59.8 Å². The van der Waals surface area contributed by atoms with E-state index >= 15 is 0 Å². The van der Waals surface area contributed by atoms with Crippen LogP contribution in [0.25, 0.3) is 5.65 Å². The first-order valence-electron chi connectivity index (χ1n) is 13.1. The first kappa shape index (κ1) is 25.9. The van der Waals surface area contributed by atoms with Crippen LogP contribution in [-0.2, 0) is 0 Å². The predicted molar refractivity (Wildman–Crippen MR) is 148 cm³/mol. The number of allylic oxidation sites excluding steroid dienone is 1. The van der Waals surface area contributed by atoms with E-state index in [4.69, 9.17) is 5.73 Å². The number of aryl methyl sites for hydroxylation is 1. The largest absolute Gasteiger partial charge is 0.402 e. The Morgan fingerprint density at radius 3 is 2.66 bits per heavy atom. The predicted octanol–water partition coefficient (Wildman–Crippen LogP) is 2.66. The molecule has 5 rings (SSSR count). The molecule has 1 aliphatic carbocycles. The van der Waals surface area contributed by atoms with E-state index in [9.17, 15) is 4.79 Å². The van der Waals surface area contributed by atoms with Crippen molar-refractivity contribution in [1.82, 2.24) is 29.4 Å². The summed E-state index contributed by atoms with van der Waals surface area (Å²) in [5, 5.41) is 4.22. The topological polar surface area (TPSA) is 108 Å². The Hall–Kier alpha value is -3.76. The van der Waals surface area contributed by atoms with E-state index in [1.165, 1.54) is 19.0 Å². The highest BCUT2D eigenvalue weighted by atomic mass is 16.1. The third-order valence-corrected chi connectivity index (χ3v) is 7.81. The van der Waals surface area contributed by atoms with Gasteiger partial charge in [0.1, 0.15) is 11.8 Å². The molecule has 2 N–H and O–H groups in total. The fourth-order valence-corrected chi connectivity index (χ4v) is 5.19. The van der Waals surface area contributed by atoms with Gasteiger partial charge in [-0.1, -0.05) is 4.99 Å². The maximum atomic E-state index is 13.3. The lowest BCUT2D eigenvalue weighted by molar-refractivity contribution is -0.298. The summed E-state index contributed by atoms with van der Waals surface area (Å²) in [6.45, 7) is 8.16. The van der Waals surface area contributed by atoms with Gasteiger partial charge in [0.2, 0.25) is 0 Å². The molecule has 0 radical (unpaired) electrons. The summed E-state index contributed by atoms with van der Waals surface area (Å²) in [6.07, 6.45) is 12.8. The lowest BCUT2D eigenvalue weighted by atomic mass is 9.82. The van der Waals surface area contributed by atoms with Crippen LogP contribution in [0.4, 0.5) is 5.82 Å². The van der Waals surface area contributed by atoms with Crippen LogP contribution >= 0.6 is 0 Å². The summed E-state index contributed by atoms with van der Waals surface area (Å²) in [6, 6.07) is 6.91. The van der Waals surface area contributed by atoms with Crippen molar-refractivity contribution in [3.05, 3.63) is 65.9 Å². The second kappa shape index (κ2) is 10.9. The van der Waals surface area contributed by atoms with Crippen LogP contribution in [0.5, 0.6) is 0 Å². The van der Waals surface area contributed by atoms with Crippen LogP contribution in [0.3, 0.4) is 0 Å². The van der Waals surface area contributed by atoms with Crippen LogP contribution in [-0.4, -0.2) is 91.7 Å². The fraction of sp³-hybridized carbons (Fsp3) is 0.429. The van der Waals surface area contributed by atoms with Gasteiger partial charge >= 0.3 is 5.91 Å². The van der Waals surface area contributed by atoms with Gasteiger partial charge in [-0.05, 0) is 77.5 Å². The third kappa shape index (κ3) is 5.41. The van der Waals surface area contributed by atoms with Gasteiger partial charge in [0.15, 0.2) is 5.65 Å². The maximum Gasteiger partial charge on any atom is 0.353 e. The molecular formula is C28H36N9O+. The zero-order valence-corrected chi connectivity index (χ0v) is 22.4. The van der Waals surface area contributed by atoms with Gasteiger partial charge in [-0.15, -0.1) is 4.98 Å². The van der Waals surface area contributed by atoms with Crippen LogP contribution in [0.1, 0.15) is 41.6 Å². The van der Waals surface area contributed by atoms with E-state index in [0.29, 0.717) is 40.6 Å². The average molecular weight is 515 g/mol. The molecule has 10 heteroatoms. The molecule has 198 valence electrons. The van der Waals surface area contributed by atoms with Crippen molar-refractivity contribution in [2.24, 2.45) is 16.6 Å². The van der Waals surface area contributed by atoms with Crippen molar-refractivity contribution in [3.8, 4) is 0 Å². The molecule has 0 bridgehead atoms. The van der Waals surface area contributed by atoms with Gasteiger partial charge in [0, 0.05) is 55.0 Å². The molecule has 2 fully saturated rings. The van der Waals surface area contributed by atoms with Crippen molar-refractivity contribution in [3.63, 3.8) is 0 Å². The second-order valence-corrected chi connectivity index (χ2v) is 10.5. The van der Waals surface area contributed by atoms with Crippen molar-refractivity contribution in [1.29, 1.82) is 0 Å². The number of fused-ring (bicyclic) bond motifs is 1. The maximum absolute atomic E-state index is 13.3. The summed E-state index contributed by atoms with van der Waals surface area (Å²) in [7, 11) is 4.32. The number of pyridine rings is 1. The number of carbonyl (C=O) groups is 1. The minimum Gasteiger partial charge on any atom is -0.402 e. The van der Waals surface area contributed by atoms with Crippen molar-refractivity contribution in [2.75, 3.05) is 27.2 Å². The van der Waals surface area contributed by atoms with Gasteiger partial charge < -0.3 is 15.5 Å². The monoisotopic (exact) mass is 514 g/mol. The highest BCUT2D eigenvalue weighted by molar-refractivity contribution is 6.07. The average Bonchev–Trinajstić information content (AvgIpc) is 3.32. The van der Waals surface area contributed by atoms with Gasteiger partial charge in [0.25, 0.3) is 11.7 Å². The molecule has 0 spiro atoms. The molecule has 0 aromatic carbocycles. The summed E-state index contributed by atoms with van der Waals surface area (Å²) in [5.41, 5.74) is 9.13. The molecule has 1 saturated carbocycles. The number of amidine groups is 1. The Labute approximate surface area is 223 Å². The normalized spacial score (nSPS) is 21.6. The molecule has 4 heterocycles. The molecule has 1 amide bonds. The lowest BCUT2D eigenvalue weighted by Crippen LogP contribution is -2.54. The van der Waals surface area contributed by atoms with E-state index in [0.717, 1.165) is 31.5 Å². The van der Waals surface area contributed by atoms with Crippen molar-refractivity contribution < 1.29 is 9.37 Å². The number of hydrogen-bond donors (Lipinski definition) is 1. The Morgan fingerprint density at radius 2 is 1.97 bits per heavy atom. The van der Waals surface area contributed by atoms with E-state index in [2.05, 4.69) is 50.7 Å². The molecule has 38 heavy (non-hydrogen) atoms. The van der Waals surface area contributed by atoms with Crippen molar-refractivity contribution >= 4 is 29.9 Å². The first-order chi connectivity index (χ1) is 18.3. The Kier molecular flexibility index (Phi) is 7.44. The standard InChI is InChI=1S/C28H35N9O/c1-19-6-7-25(31-17-19)35(4)26(33-28(38)23-18-32-37-11-5-10-30-27(23)37)16-24(29)20-8-12-36(13-9-20)22-14-21(15-22)34(2)3/h5-7,10-11,16-18,20-22H,4,8-9,12-15H2,1-3H3,(H-,29,33,38)/p+1. The molecule has 3 aromatic heterocycles. The fourth-order valence-electron chi connectivity index (χ4n) is 5.19. The minimum absolute atomic E-state index is 0.217. The van der Waals surface area contributed by atoms with Gasteiger partial charge in [-0.2, -0.15) is 5.10 Å². The highest BCUT2D eigenvalue weighted by Gasteiger charge is 2.36. The minimum atomic E-state index is -0.464. The number of nitrogens with two attached hydrogens (primary N) is 1. The molecule has 0 atom stereocenters. The first-order valence-corrected chi connectivity index (χ1v) is 13.1. The number of likely N-dealkylation sites (tertiary alicyclic amines) is 1. The van der Waals surface area contributed by atoms with E-state index in [1.54, 1.807) is 39.8 Å². The third-order valence-electron chi connectivity index (χ3n) is 7.81. The second-order valence-electron chi connectivity index (χ2n) is 10.5. The number of aliphatic imine (C=N–C) groups is 1. The number of hydrogen-bond acceptors (Lipinski definition) is 7. The summed E-state index contributed by atoms with van der Waals surface area (Å²) < 4.78 is 3.10. The van der Waals surface area contributed by atoms with Crippen LogP contribution in [0, 0.1) is 12.8 Å². The summed E-state index contributed by atoms with van der Waals surface area (Å²) >= 11 is 0. The molecule has 10 nitrogen and oxygen atoms in total. The number of amides is 1. The van der Waals surface area contributed by atoms with E-state index < -0.39 is 5.91 Å². The van der Waals surface area contributed by atoms with E-state index in [-0.39, 0.29) is 5.92 Å². The molecule has 3 aromatic rings. The quantitative estimate of drug-likeness (QED) is 0.306. The van der Waals surface area contributed by atoms with Gasteiger partial charge in [0.05, 0.1) is 6.20 Å². The number of piperidine rings is 1. The van der Waals surface area contributed by atoms with E-state index in [1.807, 2.05) is 19.1 Å². The number of aromatic nitrogens is 4. The van der Waals surface area contributed by atoms with Gasteiger partial charge in [-0.25, -0.2) is 18.9 Å².